The number of nitrogens with zero attached hydrogens (tertiary/aromatic N) is 2. The molecule has 0 unspecified atom stereocenters. The molecule has 6 rings (SSSR count). The van der Waals surface area contributed by atoms with Gasteiger partial charge in [-0.05, 0) is 36.4 Å². The second-order valence-electron chi connectivity index (χ2n) is 8.88. The summed E-state index contributed by atoms with van der Waals surface area (Å²) in [5.74, 6) is 1.74. The zero-order valence-corrected chi connectivity index (χ0v) is 28.5. The Morgan fingerprint density at radius 1 is 0.622 bits per heavy atom. The van der Waals surface area contributed by atoms with Gasteiger partial charge in [-0.25, -0.2) is 16.8 Å². The number of sulfonamides is 1. The summed E-state index contributed by atoms with van der Waals surface area (Å²) in [5, 5.41) is 7.34. The zero-order valence-electron chi connectivity index (χ0n) is 22.9. The van der Waals surface area contributed by atoms with Crippen LogP contribution in [-0.4, -0.2) is 27.1 Å². The van der Waals surface area contributed by atoms with Gasteiger partial charge in [-0.3, -0.25) is 4.72 Å². The highest BCUT2D eigenvalue weighted by molar-refractivity contribution is 9.10. The molecule has 0 saturated heterocycles. The van der Waals surface area contributed by atoms with Crippen LogP contribution in [0.3, 0.4) is 0 Å². The summed E-state index contributed by atoms with van der Waals surface area (Å²) >= 11 is 6.38. The van der Waals surface area contributed by atoms with Crippen LogP contribution in [0.5, 0.6) is 0 Å². The van der Waals surface area contributed by atoms with E-state index in [1.807, 2.05) is 60.7 Å². The standard InChI is InChI=1S/C15H11BrN2O3S.C9H8N2O.C6H4BrClO2S/c16-12-7-4-8-13(9-12)22(19,20)18-15-10-14(21-17-15)11-5-2-1-3-6-11;10-9-6-8(12-11-9)7-4-2-1-3-5-7;7-5-2-1-3-6(4-5)11(8,9)10/h1-10H,(H,17,18);1-6H,(H2,10,11);1-4H. The van der Waals surface area contributed by atoms with Crippen LogP contribution < -0.4 is 10.5 Å². The van der Waals surface area contributed by atoms with E-state index in [0.717, 1.165) is 11.1 Å². The summed E-state index contributed by atoms with van der Waals surface area (Å²) < 4.78 is 59.9. The fraction of sp³-hybridized carbons (Fsp3) is 0. The van der Waals surface area contributed by atoms with Gasteiger partial charge in [0.15, 0.2) is 23.2 Å². The molecule has 3 N–H and O–H groups in total. The van der Waals surface area contributed by atoms with Gasteiger partial charge in [-0.2, -0.15) is 0 Å². The number of rotatable bonds is 6. The summed E-state index contributed by atoms with van der Waals surface area (Å²) in [6.07, 6.45) is 0. The first-order valence-electron chi connectivity index (χ1n) is 12.7. The van der Waals surface area contributed by atoms with Gasteiger partial charge >= 0.3 is 0 Å². The lowest BCUT2D eigenvalue weighted by atomic mass is 10.2. The van der Waals surface area contributed by atoms with E-state index in [-0.39, 0.29) is 15.6 Å². The molecule has 232 valence electrons. The Morgan fingerprint density at radius 3 is 1.58 bits per heavy atom. The Balaban J connectivity index is 0.000000169. The Bertz CT molecular complexity index is 2080. The maximum Gasteiger partial charge on any atom is 0.263 e. The van der Waals surface area contributed by atoms with Gasteiger partial charge in [0.2, 0.25) is 0 Å². The van der Waals surface area contributed by atoms with E-state index in [0.29, 0.717) is 26.3 Å². The summed E-state index contributed by atoms with van der Waals surface area (Å²) in [6, 6.07) is 34.9. The summed E-state index contributed by atoms with van der Waals surface area (Å²) in [6.45, 7) is 0. The van der Waals surface area contributed by atoms with E-state index in [4.69, 9.17) is 25.5 Å². The molecule has 6 aromatic rings. The number of nitrogen functional groups attached to an aromatic ring is 1. The van der Waals surface area contributed by atoms with Crippen molar-refractivity contribution in [3.63, 3.8) is 0 Å². The number of nitrogens with one attached hydrogen (secondary N) is 1. The lowest BCUT2D eigenvalue weighted by Gasteiger charge is -2.04. The number of nitrogens with two attached hydrogens (primary N) is 1. The van der Waals surface area contributed by atoms with Crippen LogP contribution in [0, 0.1) is 0 Å². The van der Waals surface area contributed by atoms with Crippen molar-refractivity contribution < 1.29 is 25.9 Å². The highest BCUT2D eigenvalue weighted by Crippen LogP contribution is 2.25. The SMILES string of the molecule is Nc1cc(-c2ccccc2)on1.O=S(=O)(Cl)c1cccc(Br)c1.O=S(=O)(Nc1cc(-c2ccccc2)on1)c1cccc(Br)c1. The van der Waals surface area contributed by atoms with Crippen LogP contribution in [0.15, 0.2) is 149 Å². The maximum absolute atomic E-state index is 12.3. The van der Waals surface area contributed by atoms with Crippen LogP contribution >= 0.6 is 42.5 Å². The van der Waals surface area contributed by atoms with Gasteiger partial charge in [0, 0.05) is 42.9 Å². The molecule has 2 aromatic heterocycles. The van der Waals surface area contributed by atoms with Crippen molar-refractivity contribution in [2.75, 3.05) is 10.5 Å². The number of halogens is 3. The third-order valence-corrected chi connectivity index (χ3v) is 9.27. The number of hydrogen-bond donors (Lipinski definition) is 2. The topological polar surface area (TPSA) is 158 Å². The number of anilines is 2. The highest BCUT2D eigenvalue weighted by atomic mass is 79.9. The number of benzene rings is 4. The van der Waals surface area contributed by atoms with Crippen molar-refractivity contribution in [2.45, 2.75) is 9.79 Å². The van der Waals surface area contributed by atoms with Crippen LogP contribution in [0.25, 0.3) is 22.6 Å². The average molecular weight is 795 g/mol. The first-order valence-corrected chi connectivity index (χ1v) is 18.1. The predicted molar refractivity (Wildman–Crippen MR) is 180 cm³/mol. The molecule has 0 bridgehead atoms. The minimum atomic E-state index is -3.71. The average Bonchev–Trinajstić information content (AvgIpc) is 3.67. The molecule has 0 radical (unpaired) electrons. The van der Waals surface area contributed by atoms with Gasteiger partial charge < -0.3 is 14.8 Å². The minimum absolute atomic E-state index is 0.105. The Labute approximate surface area is 280 Å². The largest absolute Gasteiger partial charge is 0.381 e. The third kappa shape index (κ3) is 10.3. The van der Waals surface area contributed by atoms with Gasteiger partial charge in [-0.15, -0.1) is 0 Å². The summed E-state index contributed by atoms with van der Waals surface area (Å²) in [4.78, 5) is 0.250. The molecule has 0 amide bonds. The fourth-order valence-electron chi connectivity index (χ4n) is 3.54. The molecule has 45 heavy (non-hydrogen) atoms. The Kier molecular flexibility index (Phi) is 11.6. The Morgan fingerprint density at radius 2 is 1.11 bits per heavy atom. The van der Waals surface area contributed by atoms with E-state index in [1.165, 1.54) is 24.3 Å². The van der Waals surface area contributed by atoms with Crippen LogP contribution in [0.2, 0.25) is 0 Å². The summed E-state index contributed by atoms with van der Waals surface area (Å²) in [5.41, 5.74) is 7.22. The quantitative estimate of drug-likeness (QED) is 0.159. The molecule has 0 saturated carbocycles. The van der Waals surface area contributed by atoms with Gasteiger partial charge in [0.1, 0.15) is 0 Å². The minimum Gasteiger partial charge on any atom is -0.381 e. The molecule has 4 aromatic carbocycles. The molecule has 0 spiro atoms. The van der Waals surface area contributed by atoms with Crippen molar-refractivity contribution in [1.82, 2.24) is 10.3 Å². The van der Waals surface area contributed by atoms with Crippen LogP contribution in [0.1, 0.15) is 0 Å². The number of hydrogen-bond acceptors (Lipinski definition) is 9. The third-order valence-electron chi connectivity index (χ3n) is 5.58. The van der Waals surface area contributed by atoms with Gasteiger partial charge in [0.05, 0.1) is 9.79 Å². The number of aromatic nitrogens is 2. The second kappa shape index (κ2) is 15.4. The lowest BCUT2D eigenvalue weighted by molar-refractivity contribution is 0.435. The van der Waals surface area contributed by atoms with Crippen molar-refractivity contribution in [3.8, 4) is 22.6 Å². The van der Waals surface area contributed by atoms with E-state index < -0.39 is 19.1 Å². The first-order chi connectivity index (χ1) is 21.4. The van der Waals surface area contributed by atoms with Crippen LogP contribution in [-0.2, 0) is 19.1 Å². The maximum atomic E-state index is 12.3. The molecule has 10 nitrogen and oxygen atoms in total. The smallest absolute Gasteiger partial charge is 0.263 e. The lowest BCUT2D eigenvalue weighted by Crippen LogP contribution is -2.13. The normalized spacial score (nSPS) is 11.0. The summed E-state index contributed by atoms with van der Waals surface area (Å²) in [7, 11) is -2.21. The zero-order chi connectivity index (χ0) is 32.5. The van der Waals surface area contributed by atoms with Crippen LogP contribution in [0.4, 0.5) is 11.6 Å². The molecule has 0 aliphatic carbocycles. The van der Waals surface area contributed by atoms with E-state index in [2.05, 4.69) is 46.9 Å². The molecule has 0 fully saturated rings. The van der Waals surface area contributed by atoms with E-state index >= 15 is 0 Å². The van der Waals surface area contributed by atoms with Crippen molar-refractivity contribution >= 4 is 73.3 Å². The Hall–Kier alpha value is -3.95. The van der Waals surface area contributed by atoms with Crippen molar-refractivity contribution in [1.29, 1.82) is 0 Å². The molecule has 0 aliphatic heterocycles. The monoisotopic (exact) mass is 792 g/mol. The molecular formula is C30H23Br2ClN4O6S2. The molecule has 0 atom stereocenters. The molecule has 0 aliphatic rings. The molecular weight excluding hydrogens is 772 g/mol. The first kappa shape index (κ1) is 33.9. The fourth-order valence-corrected chi connectivity index (χ4v) is 6.47. The molecule has 2 heterocycles. The second-order valence-corrected chi connectivity index (χ2v) is 15.0. The van der Waals surface area contributed by atoms with E-state index in [1.54, 1.807) is 36.4 Å². The molecule has 15 heteroatoms. The highest BCUT2D eigenvalue weighted by Gasteiger charge is 2.17. The van der Waals surface area contributed by atoms with E-state index in [9.17, 15) is 16.8 Å². The van der Waals surface area contributed by atoms with Crippen molar-refractivity contribution in [2.24, 2.45) is 0 Å². The van der Waals surface area contributed by atoms with Gasteiger partial charge in [0.25, 0.3) is 19.1 Å². The van der Waals surface area contributed by atoms with Crippen molar-refractivity contribution in [3.05, 3.63) is 130 Å². The predicted octanol–water partition coefficient (Wildman–Crippen LogP) is 8.21. The van der Waals surface area contributed by atoms with Gasteiger partial charge in [-0.1, -0.05) is 115 Å².